The van der Waals surface area contributed by atoms with Crippen LogP contribution in [0.3, 0.4) is 0 Å². The number of alkyl halides is 1. The van der Waals surface area contributed by atoms with Crippen LogP contribution >= 0.6 is 15.9 Å². The standard InChI is InChI=1S/C11H9BrN2O/c12-8-10-13-6-7-14(10)11(15)9-4-2-1-3-5-9/h1-7H,8H2. The Balaban J connectivity index is 2.37. The number of rotatable bonds is 2. The molecule has 0 aliphatic rings. The first-order valence-corrected chi connectivity index (χ1v) is 5.63. The molecule has 0 bridgehead atoms. The lowest BCUT2D eigenvalue weighted by atomic mass is 10.2. The molecule has 1 heterocycles. The average molecular weight is 265 g/mol. The number of imidazole rings is 1. The molecular weight excluding hydrogens is 256 g/mol. The Kier molecular flexibility index (Phi) is 2.97. The maximum Gasteiger partial charge on any atom is 0.263 e. The molecule has 0 fully saturated rings. The Labute approximate surface area is 95.9 Å². The van der Waals surface area contributed by atoms with Gasteiger partial charge in [-0.3, -0.25) is 9.36 Å². The van der Waals surface area contributed by atoms with Crippen molar-refractivity contribution in [2.24, 2.45) is 0 Å². The van der Waals surface area contributed by atoms with Crippen molar-refractivity contribution in [3.63, 3.8) is 0 Å². The molecule has 0 saturated heterocycles. The fraction of sp³-hybridized carbons (Fsp3) is 0.0909. The summed E-state index contributed by atoms with van der Waals surface area (Å²) in [6.07, 6.45) is 3.30. The molecule has 0 aliphatic heterocycles. The first-order valence-electron chi connectivity index (χ1n) is 4.51. The van der Waals surface area contributed by atoms with E-state index in [0.29, 0.717) is 16.7 Å². The molecule has 0 amide bonds. The van der Waals surface area contributed by atoms with Gasteiger partial charge in [0.1, 0.15) is 5.82 Å². The topological polar surface area (TPSA) is 34.9 Å². The Morgan fingerprint density at radius 1 is 1.33 bits per heavy atom. The number of benzene rings is 1. The molecule has 3 nitrogen and oxygen atoms in total. The van der Waals surface area contributed by atoms with Gasteiger partial charge >= 0.3 is 0 Å². The van der Waals surface area contributed by atoms with Crippen LogP contribution in [0.2, 0.25) is 0 Å². The second-order valence-electron chi connectivity index (χ2n) is 3.02. The Morgan fingerprint density at radius 3 is 2.73 bits per heavy atom. The van der Waals surface area contributed by atoms with Crippen LogP contribution in [0.15, 0.2) is 42.7 Å². The largest absolute Gasteiger partial charge is 0.269 e. The summed E-state index contributed by atoms with van der Waals surface area (Å²) in [5.41, 5.74) is 0.665. The summed E-state index contributed by atoms with van der Waals surface area (Å²) in [7, 11) is 0. The van der Waals surface area contributed by atoms with Crippen molar-refractivity contribution in [3.05, 3.63) is 54.1 Å². The summed E-state index contributed by atoms with van der Waals surface area (Å²) in [6, 6.07) is 9.16. The summed E-state index contributed by atoms with van der Waals surface area (Å²) in [5, 5.41) is 0.568. The van der Waals surface area contributed by atoms with E-state index in [1.165, 1.54) is 0 Å². The van der Waals surface area contributed by atoms with E-state index in [1.807, 2.05) is 18.2 Å². The second-order valence-corrected chi connectivity index (χ2v) is 3.58. The van der Waals surface area contributed by atoms with Crippen LogP contribution < -0.4 is 0 Å². The molecule has 0 aliphatic carbocycles. The van der Waals surface area contributed by atoms with Crippen molar-refractivity contribution in [1.29, 1.82) is 0 Å². The van der Waals surface area contributed by atoms with E-state index in [1.54, 1.807) is 29.1 Å². The summed E-state index contributed by atoms with van der Waals surface area (Å²) in [4.78, 5) is 16.1. The highest BCUT2D eigenvalue weighted by atomic mass is 79.9. The van der Waals surface area contributed by atoms with Gasteiger partial charge in [-0.15, -0.1) is 0 Å². The lowest BCUT2D eigenvalue weighted by Crippen LogP contribution is -2.13. The number of carbonyl (C=O) groups is 1. The number of aromatic nitrogens is 2. The van der Waals surface area contributed by atoms with E-state index in [-0.39, 0.29) is 5.91 Å². The van der Waals surface area contributed by atoms with Gasteiger partial charge in [0.05, 0.1) is 5.33 Å². The molecule has 2 aromatic rings. The van der Waals surface area contributed by atoms with Gasteiger partial charge < -0.3 is 0 Å². The maximum atomic E-state index is 12.0. The van der Waals surface area contributed by atoms with E-state index < -0.39 is 0 Å². The van der Waals surface area contributed by atoms with E-state index in [9.17, 15) is 4.79 Å². The zero-order valence-corrected chi connectivity index (χ0v) is 9.52. The maximum absolute atomic E-state index is 12.0. The van der Waals surface area contributed by atoms with Crippen LogP contribution in [0, 0.1) is 0 Å². The smallest absolute Gasteiger partial charge is 0.263 e. The van der Waals surface area contributed by atoms with Crippen molar-refractivity contribution in [2.45, 2.75) is 5.33 Å². The first kappa shape index (κ1) is 10.1. The van der Waals surface area contributed by atoms with E-state index >= 15 is 0 Å². The van der Waals surface area contributed by atoms with Crippen molar-refractivity contribution in [1.82, 2.24) is 9.55 Å². The summed E-state index contributed by atoms with van der Waals surface area (Å²) < 4.78 is 1.55. The molecule has 1 aromatic heterocycles. The lowest BCUT2D eigenvalue weighted by Gasteiger charge is -2.03. The molecule has 0 radical (unpaired) electrons. The van der Waals surface area contributed by atoms with Crippen LogP contribution in [-0.2, 0) is 5.33 Å². The molecule has 0 atom stereocenters. The SMILES string of the molecule is O=C(c1ccccc1)n1ccnc1CBr. The zero-order chi connectivity index (χ0) is 10.7. The third-order valence-electron chi connectivity index (χ3n) is 2.08. The Bertz CT molecular complexity index is 464. The van der Waals surface area contributed by atoms with Gasteiger partial charge in [-0.25, -0.2) is 4.98 Å². The normalized spacial score (nSPS) is 10.2. The van der Waals surface area contributed by atoms with Gasteiger partial charge in [0, 0.05) is 18.0 Å². The molecule has 2 rings (SSSR count). The molecule has 4 heteroatoms. The van der Waals surface area contributed by atoms with Crippen LogP contribution in [0.5, 0.6) is 0 Å². The van der Waals surface area contributed by atoms with Crippen molar-refractivity contribution < 1.29 is 4.79 Å². The monoisotopic (exact) mass is 264 g/mol. The van der Waals surface area contributed by atoms with E-state index in [0.717, 1.165) is 0 Å². The fourth-order valence-electron chi connectivity index (χ4n) is 1.34. The molecular formula is C11H9BrN2O. The summed E-state index contributed by atoms with van der Waals surface area (Å²) in [6.45, 7) is 0. The van der Waals surface area contributed by atoms with Crippen LogP contribution in [0.4, 0.5) is 0 Å². The average Bonchev–Trinajstić information content (AvgIpc) is 2.77. The van der Waals surface area contributed by atoms with Crippen LogP contribution in [0.1, 0.15) is 16.2 Å². The highest BCUT2D eigenvalue weighted by molar-refractivity contribution is 9.08. The third-order valence-corrected chi connectivity index (χ3v) is 2.58. The van der Waals surface area contributed by atoms with Gasteiger partial charge in [-0.1, -0.05) is 34.1 Å². The van der Waals surface area contributed by atoms with E-state index in [4.69, 9.17) is 0 Å². The second kappa shape index (κ2) is 4.40. The molecule has 0 unspecified atom stereocenters. The van der Waals surface area contributed by atoms with Gasteiger partial charge in [0.2, 0.25) is 0 Å². The zero-order valence-electron chi connectivity index (χ0n) is 7.93. The lowest BCUT2D eigenvalue weighted by molar-refractivity contribution is 0.0957. The first-order chi connectivity index (χ1) is 7.33. The quantitative estimate of drug-likeness (QED) is 0.782. The van der Waals surface area contributed by atoms with Gasteiger partial charge in [0.25, 0.3) is 5.91 Å². The van der Waals surface area contributed by atoms with Crippen molar-refractivity contribution in [3.8, 4) is 0 Å². The molecule has 76 valence electrons. The number of hydrogen-bond acceptors (Lipinski definition) is 2. The molecule has 0 N–H and O–H groups in total. The van der Waals surface area contributed by atoms with Gasteiger partial charge in [0.15, 0.2) is 0 Å². The van der Waals surface area contributed by atoms with E-state index in [2.05, 4.69) is 20.9 Å². The van der Waals surface area contributed by atoms with Crippen LogP contribution in [0.25, 0.3) is 0 Å². The Hall–Kier alpha value is -1.42. The van der Waals surface area contributed by atoms with Crippen molar-refractivity contribution in [2.75, 3.05) is 0 Å². The number of hydrogen-bond donors (Lipinski definition) is 0. The highest BCUT2D eigenvalue weighted by Crippen LogP contribution is 2.08. The summed E-state index contributed by atoms with van der Waals surface area (Å²) >= 11 is 3.29. The fourth-order valence-corrected chi connectivity index (χ4v) is 1.75. The van der Waals surface area contributed by atoms with Gasteiger partial charge in [-0.2, -0.15) is 0 Å². The minimum atomic E-state index is -0.0532. The number of halogens is 1. The number of nitrogens with zero attached hydrogens (tertiary/aromatic N) is 2. The van der Waals surface area contributed by atoms with Gasteiger partial charge in [-0.05, 0) is 12.1 Å². The highest BCUT2D eigenvalue weighted by Gasteiger charge is 2.10. The third kappa shape index (κ3) is 1.99. The summed E-state index contributed by atoms with van der Waals surface area (Å²) in [5.74, 6) is 0.659. The van der Waals surface area contributed by atoms with Crippen molar-refractivity contribution >= 4 is 21.8 Å². The number of carbonyl (C=O) groups excluding carboxylic acids is 1. The molecule has 0 spiro atoms. The predicted octanol–water partition coefficient (Wildman–Crippen LogP) is 2.47. The minimum absolute atomic E-state index is 0.0532. The van der Waals surface area contributed by atoms with Crippen LogP contribution in [-0.4, -0.2) is 15.5 Å². The molecule has 0 saturated carbocycles. The minimum Gasteiger partial charge on any atom is -0.269 e. The Morgan fingerprint density at radius 2 is 2.07 bits per heavy atom. The molecule has 15 heavy (non-hydrogen) atoms. The predicted molar refractivity (Wildman–Crippen MR) is 61.0 cm³/mol. The molecule has 1 aromatic carbocycles.